The highest BCUT2D eigenvalue weighted by Crippen LogP contribution is 1.84. The van der Waals surface area contributed by atoms with E-state index >= 15 is 0 Å². The Balaban J connectivity index is -0.000000270. The van der Waals surface area contributed by atoms with Crippen LogP contribution in [0.2, 0.25) is 0 Å². The summed E-state index contributed by atoms with van der Waals surface area (Å²) in [6, 6.07) is 0. The van der Waals surface area contributed by atoms with Crippen molar-refractivity contribution < 1.29 is 9.66 Å². The fourth-order valence-electron chi connectivity index (χ4n) is 0.490. The van der Waals surface area contributed by atoms with Gasteiger partial charge in [-0.1, -0.05) is 0 Å². The highest BCUT2D eigenvalue weighted by Gasteiger charge is 2.12. The van der Waals surface area contributed by atoms with E-state index in [0.717, 1.165) is 0 Å². The fraction of sp³-hybridized carbons (Fsp3) is 0.200. The van der Waals surface area contributed by atoms with Crippen molar-refractivity contribution in [2.75, 3.05) is 6.54 Å². The highest BCUT2D eigenvalue weighted by atomic mass is 35.5. The van der Waals surface area contributed by atoms with Gasteiger partial charge < -0.3 is 0 Å². The number of hydrazone groups is 1. The van der Waals surface area contributed by atoms with E-state index in [-0.39, 0.29) is 49.5 Å². The van der Waals surface area contributed by atoms with Crippen molar-refractivity contribution in [3.63, 3.8) is 0 Å². The summed E-state index contributed by atoms with van der Waals surface area (Å²) in [4.78, 5) is 21.2. The molecular formula is C5H8Cl3N2O2+. The number of hydrogen-bond donors (Lipinski definition) is 0. The Bertz CT molecular complexity index is 193. The lowest BCUT2D eigenvalue weighted by Crippen LogP contribution is -2.09. The van der Waals surface area contributed by atoms with Gasteiger partial charge in [0.15, 0.2) is 4.87 Å². The Kier molecular flexibility index (Phi) is 12.7. The van der Waals surface area contributed by atoms with Crippen molar-refractivity contribution >= 4 is 49.2 Å². The van der Waals surface area contributed by atoms with Gasteiger partial charge in [0.25, 0.3) is 6.54 Å². The Morgan fingerprint density at radius 2 is 1.92 bits per heavy atom. The molecule has 0 bridgehead atoms. The van der Waals surface area contributed by atoms with Gasteiger partial charge in [-0.05, 0) is 12.2 Å². The third-order valence-electron chi connectivity index (χ3n) is 0.855. The quantitative estimate of drug-likeness (QED) is 0.591. The molecule has 0 unspecified atom stereocenters. The zero-order valence-electron chi connectivity index (χ0n) is 5.87. The van der Waals surface area contributed by atoms with Crippen molar-refractivity contribution in [2.24, 2.45) is 5.10 Å². The first-order valence-corrected chi connectivity index (χ1v) is 2.47. The second-order valence-electron chi connectivity index (χ2n) is 1.60. The minimum Gasteiger partial charge on any atom is -0.287 e. The largest absolute Gasteiger partial charge is 0.289 e. The number of carbonyl (C=O) groups excluding carboxylic acids is 1. The van der Waals surface area contributed by atoms with Crippen LogP contribution >= 0.6 is 37.2 Å². The summed E-state index contributed by atoms with van der Waals surface area (Å²) in [7, 11) is 0. The minimum atomic E-state index is -0.220. The van der Waals surface area contributed by atoms with Crippen LogP contribution in [0.5, 0.6) is 0 Å². The normalized spacial score (nSPS) is 13.7. The molecule has 1 aliphatic heterocycles. The van der Waals surface area contributed by atoms with Gasteiger partial charge in [-0.3, -0.25) is 4.79 Å². The number of rotatable bonds is 0. The van der Waals surface area contributed by atoms with E-state index in [0.29, 0.717) is 4.87 Å². The Morgan fingerprint density at radius 3 is 2.50 bits per heavy atom. The smallest absolute Gasteiger partial charge is 0.287 e. The van der Waals surface area contributed by atoms with Gasteiger partial charge in [0, 0.05) is 5.10 Å². The van der Waals surface area contributed by atoms with Crippen LogP contribution < -0.4 is 0 Å². The summed E-state index contributed by atoms with van der Waals surface area (Å²) < 4.78 is 0. The van der Waals surface area contributed by atoms with Gasteiger partial charge >= 0.3 is 0 Å². The number of hydrogen-bond acceptors (Lipinski definition) is 2. The summed E-state index contributed by atoms with van der Waals surface area (Å²) in [5.41, 5.74) is 0. The first kappa shape index (κ1) is 17.6. The van der Waals surface area contributed by atoms with Gasteiger partial charge in [-0.15, -0.1) is 37.2 Å². The molecule has 0 aliphatic carbocycles. The standard InChI is InChI=1S/C5H5N2O2.3ClH/c8-5-2-1-3-6-7(9)4-5;;;/h1-3H,4H2;3*1H/q+1;;;. The predicted molar refractivity (Wildman–Crippen MR) is 52.9 cm³/mol. The lowest BCUT2D eigenvalue weighted by molar-refractivity contribution is -0.541. The van der Waals surface area contributed by atoms with Crippen LogP contribution in [0.1, 0.15) is 0 Å². The summed E-state index contributed by atoms with van der Waals surface area (Å²) in [5, 5.41) is 3.32. The van der Waals surface area contributed by atoms with E-state index in [4.69, 9.17) is 0 Å². The molecule has 0 saturated carbocycles. The van der Waals surface area contributed by atoms with Crippen molar-refractivity contribution in [3.05, 3.63) is 17.1 Å². The molecule has 7 heteroatoms. The number of ketones is 1. The topological polar surface area (TPSA) is 49.5 Å². The summed E-state index contributed by atoms with van der Waals surface area (Å²) in [5.74, 6) is -0.220. The molecule has 0 aromatic carbocycles. The Labute approximate surface area is 87.9 Å². The van der Waals surface area contributed by atoms with Gasteiger partial charge in [0.1, 0.15) is 0 Å². The van der Waals surface area contributed by atoms with Crippen LogP contribution in [-0.4, -0.2) is 23.4 Å². The zero-order chi connectivity index (χ0) is 6.69. The average molecular weight is 234 g/mol. The second kappa shape index (κ2) is 8.64. The van der Waals surface area contributed by atoms with Crippen LogP contribution in [-0.2, 0) is 4.79 Å². The van der Waals surface area contributed by atoms with E-state index in [2.05, 4.69) is 5.10 Å². The maximum Gasteiger partial charge on any atom is 0.289 e. The second-order valence-corrected chi connectivity index (χ2v) is 1.60. The first-order chi connectivity index (χ1) is 4.29. The van der Waals surface area contributed by atoms with E-state index in [1.807, 2.05) is 0 Å². The maximum absolute atomic E-state index is 10.5. The monoisotopic (exact) mass is 233 g/mol. The molecule has 0 spiro atoms. The number of nitrogens with zero attached hydrogens (tertiary/aromatic N) is 2. The highest BCUT2D eigenvalue weighted by molar-refractivity contribution is 5.94. The molecule has 0 fully saturated rings. The number of halogens is 3. The van der Waals surface area contributed by atoms with Crippen molar-refractivity contribution in [1.82, 2.24) is 0 Å². The van der Waals surface area contributed by atoms with Gasteiger partial charge in [-0.25, -0.2) is 0 Å². The van der Waals surface area contributed by atoms with Crippen LogP contribution in [0.15, 0.2) is 17.3 Å². The number of nitroso groups, excluding NO2 is 1. The molecule has 12 heavy (non-hydrogen) atoms. The summed E-state index contributed by atoms with van der Waals surface area (Å²) in [6.45, 7) is -0.174. The average Bonchev–Trinajstić information content (AvgIpc) is 1.93. The lowest BCUT2D eigenvalue weighted by Gasteiger charge is -1.74. The zero-order valence-corrected chi connectivity index (χ0v) is 8.32. The third-order valence-corrected chi connectivity index (χ3v) is 0.855. The molecule has 0 aromatic heterocycles. The van der Waals surface area contributed by atoms with Gasteiger partial charge in [0.05, 0.1) is 11.1 Å². The molecular weight excluding hydrogens is 226 g/mol. The Morgan fingerprint density at radius 1 is 1.33 bits per heavy atom. The molecule has 4 nitrogen and oxygen atoms in total. The van der Waals surface area contributed by atoms with Gasteiger partial charge in [0.2, 0.25) is 5.78 Å². The molecule has 1 heterocycles. The van der Waals surface area contributed by atoms with Crippen LogP contribution in [0.4, 0.5) is 0 Å². The maximum atomic E-state index is 10.5. The van der Waals surface area contributed by atoms with Crippen molar-refractivity contribution in [2.45, 2.75) is 0 Å². The fourth-order valence-corrected chi connectivity index (χ4v) is 0.490. The van der Waals surface area contributed by atoms with Crippen LogP contribution in [0.3, 0.4) is 0 Å². The molecule has 0 atom stereocenters. The molecule has 0 N–H and O–H groups in total. The van der Waals surface area contributed by atoms with E-state index in [1.54, 1.807) is 0 Å². The number of allylic oxidation sites excluding steroid dienone is 1. The van der Waals surface area contributed by atoms with Gasteiger partial charge in [-0.2, -0.15) is 0 Å². The molecule has 0 amide bonds. The third kappa shape index (κ3) is 6.27. The number of carbonyl (C=O) groups is 1. The van der Waals surface area contributed by atoms with Crippen molar-refractivity contribution in [1.29, 1.82) is 0 Å². The minimum absolute atomic E-state index is 0. The predicted octanol–water partition coefficient (Wildman–Crippen LogP) is 1.16. The molecule has 0 radical (unpaired) electrons. The van der Waals surface area contributed by atoms with Crippen LogP contribution in [0, 0.1) is 4.91 Å². The SMILES string of the molecule is Cl.Cl.Cl.O=C1C=CC=N[N+](=O)C1. The summed E-state index contributed by atoms with van der Waals surface area (Å²) in [6.07, 6.45) is 4.06. The Hall–Kier alpha value is -0.450. The molecule has 1 aliphatic rings. The lowest BCUT2D eigenvalue weighted by atomic mass is 10.4. The van der Waals surface area contributed by atoms with Crippen LogP contribution in [0.25, 0.3) is 0 Å². The molecule has 0 saturated heterocycles. The van der Waals surface area contributed by atoms with E-state index in [1.165, 1.54) is 18.4 Å². The molecule has 0 aromatic rings. The summed E-state index contributed by atoms with van der Waals surface area (Å²) >= 11 is 0. The van der Waals surface area contributed by atoms with Crippen molar-refractivity contribution in [3.8, 4) is 0 Å². The first-order valence-electron chi connectivity index (χ1n) is 2.47. The van der Waals surface area contributed by atoms with E-state index < -0.39 is 0 Å². The molecule has 1 rings (SSSR count). The molecule has 70 valence electrons. The van der Waals surface area contributed by atoms with E-state index in [9.17, 15) is 9.70 Å².